The number of aliphatic hydroxyl groups is 1. The van der Waals surface area contributed by atoms with E-state index in [0.717, 1.165) is 24.0 Å². The standard InChI is InChI=1S/C15H22N2O2/c1-11-8-12(14(16)19)4-5-13(11)9-17-15(10-18)6-2-3-7-15/h4-5,8,17-18H,2-3,6-7,9-10H2,1H3,(H2,16,19). The first kappa shape index (κ1) is 14.0. The SMILES string of the molecule is Cc1cc(C(N)=O)ccc1CNC1(CO)CCCC1. The van der Waals surface area contributed by atoms with E-state index in [9.17, 15) is 9.90 Å². The van der Waals surface area contributed by atoms with Gasteiger partial charge in [0, 0.05) is 17.6 Å². The number of hydrogen-bond acceptors (Lipinski definition) is 3. The van der Waals surface area contributed by atoms with Gasteiger partial charge < -0.3 is 16.2 Å². The molecule has 4 nitrogen and oxygen atoms in total. The average molecular weight is 262 g/mol. The number of carbonyl (C=O) groups is 1. The summed E-state index contributed by atoms with van der Waals surface area (Å²) in [5.41, 5.74) is 7.88. The van der Waals surface area contributed by atoms with Gasteiger partial charge in [-0.15, -0.1) is 0 Å². The van der Waals surface area contributed by atoms with Gasteiger partial charge >= 0.3 is 0 Å². The minimum absolute atomic E-state index is 0.116. The zero-order valence-electron chi connectivity index (χ0n) is 11.4. The van der Waals surface area contributed by atoms with Gasteiger partial charge in [0.15, 0.2) is 0 Å². The molecular formula is C15H22N2O2. The average Bonchev–Trinajstić information content (AvgIpc) is 2.86. The lowest BCUT2D eigenvalue weighted by Crippen LogP contribution is -2.45. The molecule has 1 aromatic carbocycles. The smallest absolute Gasteiger partial charge is 0.248 e. The second kappa shape index (κ2) is 5.72. The first-order valence-corrected chi connectivity index (χ1v) is 6.81. The van der Waals surface area contributed by atoms with E-state index in [4.69, 9.17) is 5.73 Å². The normalized spacial score (nSPS) is 17.6. The number of carbonyl (C=O) groups excluding carboxylic acids is 1. The van der Waals surface area contributed by atoms with Crippen molar-refractivity contribution in [2.45, 2.75) is 44.7 Å². The Labute approximate surface area is 114 Å². The third kappa shape index (κ3) is 3.14. The topological polar surface area (TPSA) is 75.4 Å². The van der Waals surface area contributed by atoms with Crippen molar-refractivity contribution in [2.24, 2.45) is 5.73 Å². The molecule has 1 aliphatic carbocycles. The van der Waals surface area contributed by atoms with Crippen molar-refractivity contribution in [3.8, 4) is 0 Å². The Hall–Kier alpha value is -1.39. The summed E-state index contributed by atoms with van der Waals surface area (Å²) in [4.78, 5) is 11.1. The van der Waals surface area contributed by atoms with Crippen molar-refractivity contribution in [3.05, 3.63) is 34.9 Å². The van der Waals surface area contributed by atoms with E-state index < -0.39 is 5.91 Å². The summed E-state index contributed by atoms with van der Waals surface area (Å²) in [6.07, 6.45) is 4.41. The van der Waals surface area contributed by atoms with Crippen LogP contribution in [0.1, 0.15) is 47.2 Å². The minimum Gasteiger partial charge on any atom is -0.394 e. The Morgan fingerprint density at radius 1 is 1.42 bits per heavy atom. The highest BCUT2D eigenvalue weighted by atomic mass is 16.3. The predicted molar refractivity (Wildman–Crippen MR) is 74.8 cm³/mol. The molecule has 0 spiro atoms. The van der Waals surface area contributed by atoms with Crippen molar-refractivity contribution in [3.63, 3.8) is 0 Å². The number of hydrogen-bond donors (Lipinski definition) is 3. The van der Waals surface area contributed by atoms with Crippen molar-refractivity contribution in [1.82, 2.24) is 5.32 Å². The first-order chi connectivity index (χ1) is 9.06. The Balaban J connectivity index is 2.05. The van der Waals surface area contributed by atoms with Crippen LogP contribution in [0.5, 0.6) is 0 Å². The van der Waals surface area contributed by atoms with Crippen LogP contribution in [0, 0.1) is 6.92 Å². The van der Waals surface area contributed by atoms with Gasteiger partial charge in [0.1, 0.15) is 0 Å². The molecule has 1 aliphatic rings. The fraction of sp³-hybridized carbons (Fsp3) is 0.533. The molecule has 1 amide bonds. The molecule has 0 aliphatic heterocycles. The van der Waals surface area contributed by atoms with Crippen LogP contribution in [-0.4, -0.2) is 23.2 Å². The highest BCUT2D eigenvalue weighted by Gasteiger charge is 2.32. The largest absolute Gasteiger partial charge is 0.394 e. The zero-order valence-corrected chi connectivity index (χ0v) is 11.4. The molecule has 104 valence electrons. The summed E-state index contributed by atoms with van der Waals surface area (Å²) in [5.74, 6) is -0.398. The van der Waals surface area contributed by atoms with Crippen LogP contribution in [-0.2, 0) is 6.54 Å². The molecule has 1 saturated carbocycles. The number of nitrogens with two attached hydrogens (primary N) is 1. The van der Waals surface area contributed by atoms with Gasteiger partial charge in [-0.3, -0.25) is 4.79 Å². The predicted octanol–water partition coefficient (Wildman–Crippen LogP) is 1.49. The van der Waals surface area contributed by atoms with Gasteiger partial charge in [-0.1, -0.05) is 18.9 Å². The lowest BCUT2D eigenvalue weighted by molar-refractivity contribution is 0.1000. The van der Waals surface area contributed by atoms with E-state index in [2.05, 4.69) is 5.32 Å². The molecular weight excluding hydrogens is 240 g/mol. The maximum absolute atomic E-state index is 11.1. The number of amides is 1. The van der Waals surface area contributed by atoms with E-state index in [1.165, 1.54) is 12.8 Å². The van der Waals surface area contributed by atoms with Crippen LogP contribution in [0.15, 0.2) is 18.2 Å². The molecule has 0 saturated heterocycles. The van der Waals surface area contributed by atoms with Crippen LogP contribution < -0.4 is 11.1 Å². The lowest BCUT2D eigenvalue weighted by atomic mass is 9.97. The Morgan fingerprint density at radius 3 is 2.63 bits per heavy atom. The second-order valence-corrected chi connectivity index (χ2v) is 5.50. The van der Waals surface area contributed by atoms with E-state index >= 15 is 0 Å². The number of nitrogens with one attached hydrogen (secondary N) is 1. The number of benzene rings is 1. The molecule has 4 heteroatoms. The summed E-state index contributed by atoms with van der Waals surface area (Å²) in [6.45, 7) is 2.88. The maximum Gasteiger partial charge on any atom is 0.248 e. The molecule has 1 aromatic rings. The van der Waals surface area contributed by atoms with Gasteiger partial charge in [-0.2, -0.15) is 0 Å². The molecule has 0 atom stereocenters. The fourth-order valence-electron chi connectivity index (χ4n) is 2.77. The van der Waals surface area contributed by atoms with Crippen molar-refractivity contribution in [2.75, 3.05) is 6.61 Å². The van der Waals surface area contributed by atoms with Crippen molar-refractivity contribution < 1.29 is 9.90 Å². The maximum atomic E-state index is 11.1. The summed E-state index contributed by atoms with van der Waals surface area (Å²) in [5, 5.41) is 13.0. The molecule has 0 bridgehead atoms. The number of aryl methyl sites for hydroxylation is 1. The Bertz CT molecular complexity index is 465. The minimum atomic E-state index is -0.398. The van der Waals surface area contributed by atoms with E-state index in [1.54, 1.807) is 6.07 Å². The Morgan fingerprint density at radius 2 is 2.11 bits per heavy atom. The molecule has 0 heterocycles. The summed E-state index contributed by atoms with van der Waals surface area (Å²) < 4.78 is 0. The highest BCUT2D eigenvalue weighted by Crippen LogP contribution is 2.29. The lowest BCUT2D eigenvalue weighted by Gasteiger charge is -2.28. The number of rotatable bonds is 5. The summed E-state index contributed by atoms with van der Waals surface area (Å²) >= 11 is 0. The van der Waals surface area contributed by atoms with Crippen LogP contribution in [0.2, 0.25) is 0 Å². The van der Waals surface area contributed by atoms with Gasteiger partial charge in [-0.05, 0) is 43.0 Å². The monoisotopic (exact) mass is 262 g/mol. The van der Waals surface area contributed by atoms with E-state index in [1.807, 2.05) is 19.1 Å². The third-order valence-corrected chi connectivity index (χ3v) is 4.14. The van der Waals surface area contributed by atoms with Gasteiger partial charge in [-0.25, -0.2) is 0 Å². The number of aliphatic hydroxyl groups excluding tert-OH is 1. The van der Waals surface area contributed by atoms with E-state index in [0.29, 0.717) is 12.1 Å². The molecule has 1 fully saturated rings. The van der Waals surface area contributed by atoms with E-state index in [-0.39, 0.29) is 12.1 Å². The second-order valence-electron chi connectivity index (χ2n) is 5.50. The molecule has 4 N–H and O–H groups in total. The van der Waals surface area contributed by atoms with Gasteiger partial charge in [0.2, 0.25) is 5.91 Å². The zero-order chi connectivity index (χ0) is 13.9. The van der Waals surface area contributed by atoms with Gasteiger partial charge in [0.05, 0.1) is 6.61 Å². The van der Waals surface area contributed by atoms with Crippen molar-refractivity contribution in [1.29, 1.82) is 0 Å². The molecule has 2 rings (SSSR count). The molecule has 0 radical (unpaired) electrons. The van der Waals surface area contributed by atoms with Crippen LogP contribution in [0.3, 0.4) is 0 Å². The Kier molecular flexibility index (Phi) is 4.22. The number of primary amides is 1. The third-order valence-electron chi connectivity index (χ3n) is 4.14. The molecule has 19 heavy (non-hydrogen) atoms. The fourth-order valence-corrected chi connectivity index (χ4v) is 2.77. The van der Waals surface area contributed by atoms with Crippen LogP contribution in [0.4, 0.5) is 0 Å². The van der Waals surface area contributed by atoms with Crippen LogP contribution in [0.25, 0.3) is 0 Å². The van der Waals surface area contributed by atoms with Gasteiger partial charge in [0.25, 0.3) is 0 Å². The molecule has 0 unspecified atom stereocenters. The molecule has 0 aromatic heterocycles. The quantitative estimate of drug-likeness (QED) is 0.752. The summed E-state index contributed by atoms with van der Waals surface area (Å²) in [7, 11) is 0. The van der Waals surface area contributed by atoms with Crippen LogP contribution >= 0.6 is 0 Å². The van der Waals surface area contributed by atoms with Crippen molar-refractivity contribution >= 4 is 5.91 Å². The highest BCUT2D eigenvalue weighted by molar-refractivity contribution is 5.93. The first-order valence-electron chi connectivity index (χ1n) is 6.81. The summed E-state index contributed by atoms with van der Waals surface area (Å²) in [6, 6.07) is 5.51.